The van der Waals surface area contributed by atoms with Gasteiger partial charge in [0.25, 0.3) is 0 Å². The van der Waals surface area contributed by atoms with Crippen LogP contribution in [-0.2, 0) is 14.3 Å². The van der Waals surface area contributed by atoms with Crippen molar-refractivity contribution in [1.29, 1.82) is 0 Å². The number of nitrogens with zero attached hydrogens (tertiary/aromatic N) is 1. The van der Waals surface area contributed by atoms with Gasteiger partial charge < -0.3 is 15.0 Å². The molecule has 0 saturated carbocycles. The summed E-state index contributed by atoms with van der Waals surface area (Å²) >= 11 is 5.88. The molecule has 21 heavy (non-hydrogen) atoms. The van der Waals surface area contributed by atoms with Gasteiger partial charge in [0.1, 0.15) is 6.10 Å². The number of carbonyl (C=O) groups is 2. The largest absolute Gasteiger partial charge is 0.371 e. The Kier molecular flexibility index (Phi) is 5.20. The Labute approximate surface area is 129 Å². The summed E-state index contributed by atoms with van der Waals surface area (Å²) in [5, 5.41) is 3.60. The molecule has 0 unspecified atom stereocenters. The second-order valence-corrected chi connectivity index (χ2v) is 5.62. The van der Waals surface area contributed by atoms with E-state index in [1.807, 2.05) is 12.1 Å². The number of halogens is 1. The van der Waals surface area contributed by atoms with Gasteiger partial charge in [-0.15, -0.1) is 0 Å². The minimum absolute atomic E-state index is 0.0547. The molecule has 1 heterocycles. The highest BCUT2D eigenvalue weighted by atomic mass is 35.5. The van der Waals surface area contributed by atoms with Gasteiger partial charge in [0, 0.05) is 25.6 Å². The van der Waals surface area contributed by atoms with Crippen LogP contribution in [-0.4, -0.2) is 43.0 Å². The molecule has 2 atom stereocenters. The molecule has 1 N–H and O–H groups in total. The van der Waals surface area contributed by atoms with Crippen molar-refractivity contribution < 1.29 is 14.3 Å². The quantitative estimate of drug-likeness (QED) is 0.922. The fraction of sp³-hybridized carbons (Fsp3) is 0.467. The number of amides is 2. The van der Waals surface area contributed by atoms with Crippen molar-refractivity contribution in [2.75, 3.05) is 20.2 Å². The van der Waals surface area contributed by atoms with E-state index in [1.165, 1.54) is 11.8 Å². The molecule has 1 saturated heterocycles. The summed E-state index contributed by atoms with van der Waals surface area (Å²) in [4.78, 5) is 24.5. The predicted molar refractivity (Wildman–Crippen MR) is 80.0 cm³/mol. The van der Waals surface area contributed by atoms with Crippen molar-refractivity contribution in [3.63, 3.8) is 0 Å². The van der Waals surface area contributed by atoms with Gasteiger partial charge >= 0.3 is 0 Å². The summed E-state index contributed by atoms with van der Waals surface area (Å²) in [7, 11) is 1.60. The van der Waals surface area contributed by atoms with E-state index in [0.29, 0.717) is 11.6 Å². The molecule has 1 aliphatic heterocycles. The fourth-order valence-electron chi connectivity index (χ4n) is 2.30. The Bertz CT molecular complexity index is 518. The summed E-state index contributed by atoms with van der Waals surface area (Å²) in [6, 6.07) is 7.33. The zero-order valence-corrected chi connectivity index (χ0v) is 12.9. The highest BCUT2D eigenvalue weighted by Crippen LogP contribution is 2.29. The molecule has 1 aliphatic rings. The highest BCUT2D eigenvalue weighted by Gasteiger charge is 2.31. The average molecular weight is 311 g/mol. The predicted octanol–water partition coefficient (Wildman–Crippen LogP) is 1.76. The van der Waals surface area contributed by atoms with E-state index in [0.717, 1.165) is 12.0 Å². The Balaban J connectivity index is 1.97. The van der Waals surface area contributed by atoms with E-state index in [2.05, 4.69) is 5.32 Å². The van der Waals surface area contributed by atoms with Gasteiger partial charge in [-0.2, -0.15) is 0 Å². The number of benzene rings is 1. The van der Waals surface area contributed by atoms with Crippen LogP contribution in [0.25, 0.3) is 0 Å². The standard InChI is InChI=1S/C15H19ClN2O3/c1-10(19)18(2)9-14(20)17-13-7-8-21-15(13)11-3-5-12(16)6-4-11/h3-6,13,15H,7-9H2,1-2H3,(H,17,20)/t13-,15-/m0/s1. The Morgan fingerprint density at radius 2 is 2.05 bits per heavy atom. The minimum atomic E-state index is -0.179. The maximum absolute atomic E-state index is 12.0. The maximum atomic E-state index is 12.0. The van der Waals surface area contributed by atoms with E-state index >= 15 is 0 Å². The Hall–Kier alpha value is -1.59. The van der Waals surface area contributed by atoms with E-state index in [9.17, 15) is 9.59 Å². The first-order valence-electron chi connectivity index (χ1n) is 6.85. The SMILES string of the molecule is CC(=O)N(C)CC(=O)N[C@H]1CCO[C@H]1c1ccc(Cl)cc1. The lowest BCUT2D eigenvalue weighted by molar-refractivity contribution is -0.133. The number of rotatable bonds is 4. The summed E-state index contributed by atoms with van der Waals surface area (Å²) < 4.78 is 5.71. The molecule has 0 radical (unpaired) electrons. The van der Waals surface area contributed by atoms with Crippen molar-refractivity contribution in [3.8, 4) is 0 Å². The van der Waals surface area contributed by atoms with Crippen molar-refractivity contribution in [3.05, 3.63) is 34.9 Å². The Morgan fingerprint density at radius 3 is 2.67 bits per heavy atom. The van der Waals surface area contributed by atoms with Crippen LogP contribution in [0.1, 0.15) is 25.0 Å². The molecular weight excluding hydrogens is 292 g/mol. The molecule has 0 bridgehead atoms. The number of hydrogen-bond donors (Lipinski definition) is 1. The number of carbonyl (C=O) groups excluding carboxylic acids is 2. The lowest BCUT2D eigenvalue weighted by atomic mass is 10.0. The van der Waals surface area contributed by atoms with Gasteiger partial charge in [0.05, 0.1) is 12.6 Å². The Morgan fingerprint density at radius 1 is 1.38 bits per heavy atom. The number of likely N-dealkylation sites (N-methyl/N-ethyl adjacent to an activating group) is 1. The molecule has 0 spiro atoms. The van der Waals surface area contributed by atoms with Crippen molar-refractivity contribution in [2.24, 2.45) is 0 Å². The molecule has 1 aromatic carbocycles. The van der Waals surface area contributed by atoms with Crippen LogP contribution in [0.4, 0.5) is 0 Å². The summed E-state index contributed by atoms with van der Waals surface area (Å²) in [6.45, 7) is 2.09. The topological polar surface area (TPSA) is 58.6 Å². The molecule has 2 rings (SSSR count). The third-order valence-corrected chi connectivity index (χ3v) is 3.81. The summed E-state index contributed by atoms with van der Waals surface area (Å²) in [5.41, 5.74) is 0.988. The lowest BCUT2D eigenvalue weighted by Gasteiger charge is -2.22. The first-order valence-corrected chi connectivity index (χ1v) is 7.23. The van der Waals surface area contributed by atoms with Crippen LogP contribution < -0.4 is 5.32 Å². The lowest BCUT2D eigenvalue weighted by Crippen LogP contribution is -2.43. The van der Waals surface area contributed by atoms with Crippen LogP contribution >= 0.6 is 11.6 Å². The van der Waals surface area contributed by atoms with Gasteiger partial charge in [-0.25, -0.2) is 0 Å². The van der Waals surface area contributed by atoms with Crippen LogP contribution in [0.2, 0.25) is 5.02 Å². The van der Waals surface area contributed by atoms with Gasteiger partial charge in [-0.3, -0.25) is 9.59 Å². The summed E-state index contributed by atoms with van der Waals surface area (Å²) in [6.07, 6.45) is 0.580. The molecule has 5 nitrogen and oxygen atoms in total. The van der Waals surface area contributed by atoms with E-state index in [-0.39, 0.29) is 30.5 Å². The molecule has 2 amide bonds. The van der Waals surface area contributed by atoms with E-state index < -0.39 is 0 Å². The van der Waals surface area contributed by atoms with Crippen LogP contribution in [0.5, 0.6) is 0 Å². The first kappa shape index (κ1) is 15.8. The third kappa shape index (κ3) is 4.19. The second-order valence-electron chi connectivity index (χ2n) is 5.18. The van der Waals surface area contributed by atoms with E-state index in [1.54, 1.807) is 19.2 Å². The van der Waals surface area contributed by atoms with Gasteiger partial charge in [0.15, 0.2) is 0 Å². The monoisotopic (exact) mass is 310 g/mol. The molecule has 1 aromatic rings. The highest BCUT2D eigenvalue weighted by molar-refractivity contribution is 6.30. The minimum Gasteiger partial charge on any atom is -0.371 e. The second kappa shape index (κ2) is 6.91. The molecule has 114 valence electrons. The van der Waals surface area contributed by atoms with Crippen molar-refractivity contribution in [1.82, 2.24) is 10.2 Å². The number of nitrogens with one attached hydrogen (secondary N) is 1. The normalized spacial score (nSPS) is 21.1. The van der Waals surface area contributed by atoms with Crippen molar-refractivity contribution >= 4 is 23.4 Å². The zero-order chi connectivity index (χ0) is 15.4. The zero-order valence-electron chi connectivity index (χ0n) is 12.1. The fourth-order valence-corrected chi connectivity index (χ4v) is 2.42. The number of ether oxygens (including phenoxy) is 1. The van der Waals surface area contributed by atoms with Crippen LogP contribution in [0.3, 0.4) is 0 Å². The van der Waals surface area contributed by atoms with Gasteiger partial charge in [-0.1, -0.05) is 23.7 Å². The van der Waals surface area contributed by atoms with Crippen LogP contribution in [0.15, 0.2) is 24.3 Å². The van der Waals surface area contributed by atoms with Gasteiger partial charge in [-0.05, 0) is 24.1 Å². The average Bonchev–Trinajstić information content (AvgIpc) is 2.87. The van der Waals surface area contributed by atoms with Gasteiger partial charge in [0.2, 0.25) is 11.8 Å². The number of hydrogen-bond acceptors (Lipinski definition) is 3. The molecular formula is C15H19ClN2O3. The van der Waals surface area contributed by atoms with Crippen molar-refractivity contribution in [2.45, 2.75) is 25.5 Å². The molecule has 6 heteroatoms. The molecule has 1 fully saturated rings. The van der Waals surface area contributed by atoms with Crippen LogP contribution in [0, 0.1) is 0 Å². The smallest absolute Gasteiger partial charge is 0.239 e. The molecule has 0 aliphatic carbocycles. The third-order valence-electron chi connectivity index (χ3n) is 3.55. The summed E-state index contributed by atoms with van der Waals surface area (Å²) in [5.74, 6) is -0.316. The first-order chi connectivity index (χ1) is 9.97. The van der Waals surface area contributed by atoms with E-state index in [4.69, 9.17) is 16.3 Å². The molecule has 0 aromatic heterocycles. The maximum Gasteiger partial charge on any atom is 0.239 e.